The van der Waals surface area contributed by atoms with Crippen molar-refractivity contribution in [2.45, 2.75) is 31.3 Å². The number of nitrogens with one attached hydrogen (secondary N) is 1. The molecule has 1 unspecified atom stereocenters. The van der Waals surface area contributed by atoms with Crippen LogP contribution >= 0.6 is 0 Å². The molecule has 0 aromatic rings. The van der Waals surface area contributed by atoms with Gasteiger partial charge in [0, 0.05) is 6.20 Å². The highest BCUT2D eigenvalue weighted by atomic mass is 16.5. The largest absolute Gasteiger partial charge is 0.394 e. The molecule has 4 N–H and O–H groups in total. The summed E-state index contributed by atoms with van der Waals surface area (Å²) in [5.74, 6) is 0. The van der Waals surface area contributed by atoms with Gasteiger partial charge in [0.25, 0.3) is 0 Å². The molecule has 2 heterocycles. The van der Waals surface area contributed by atoms with Crippen molar-refractivity contribution in [1.29, 1.82) is 0 Å². The van der Waals surface area contributed by atoms with Gasteiger partial charge in [-0.2, -0.15) is 0 Å². The van der Waals surface area contributed by atoms with Crippen molar-refractivity contribution < 1.29 is 14.6 Å². The molecule has 0 bridgehead atoms. The van der Waals surface area contributed by atoms with Crippen molar-refractivity contribution in [3.05, 3.63) is 12.3 Å². The predicted octanol–water partition coefficient (Wildman–Crippen LogP) is -0.693. The first-order valence-electron chi connectivity index (χ1n) is 5.00. The van der Waals surface area contributed by atoms with E-state index in [2.05, 4.69) is 5.32 Å². The van der Waals surface area contributed by atoms with E-state index in [1.54, 1.807) is 12.3 Å². The number of hydrogen-bond acceptors (Lipinski definition) is 4. The second kappa shape index (κ2) is 4.18. The minimum absolute atomic E-state index is 0.00477. The molecule has 0 aliphatic carbocycles. The predicted molar refractivity (Wildman–Crippen MR) is 52.5 cm³/mol. The fraction of sp³-hybridized carbons (Fsp3) is 0.667. The topological polar surface area (TPSA) is 87.8 Å². The molecule has 2 rings (SSSR count). The molecule has 2 amide bonds. The van der Waals surface area contributed by atoms with E-state index in [4.69, 9.17) is 15.6 Å². The lowest BCUT2D eigenvalue weighted by molar-refractivity contribution is -0.0372. The number of ether oxygens (including phenoxy) is 1. The number of urea groups is 1. The van der Waals surface area contributed by atoms with E-state index in [-0.39, 0.29) is 25.0 Å². The first kappa shape index (κ1) is 10.4. The Kier molecular flexibility index (Phi) is 2.90. The maximum atomic E-state index is 11.5. The summed E-state index contributed by atoms with van der Waals surface area (Å²) in [6, 6.07) is -0.256. The van der Waals surface area contributed by atoms with E-state index in [0.717, 1.165) is 12.8 Å². The highest BCUT2D eigenvalue weighted by molar-refractivity contribution is 5.77. The lowest BCUT2D eigenvalue weighted by Gasteiger charge is -2.30. The first-order valence-corrected chi connectivity index (χ1v) is 5.00. The summed E-state index contributed by atoms with van der Waals surface area (Å²) in [6.45, 7) is -0.00477. The van der Waals surface area contributed by atoms with E-state index in [9.17, 15) is 4.79 Å². The molecular formula is C9H15N3O3. The molecule has 0 spiro atoms. The minimum Gasteiger partial charge on any atom is -0.394 e. The zero-order valence-corrected chi connectivity index (χ0v) is 8.30. The molecular weight excluding hydrogens is 198 g/mol. The summed E-state index contributed by atoms with van der Waals surface area (Å²) in [5.41, 5.74) is 5.51. The quantitative estimate of drug-likeness (QED) is 0.566. The Balaban J connectivity index is 1.99. The van der Waals surface area contributed by atoms with Crippen molar-refractivity contribution >= 4 is 6.03 Å². The Morgan fingerprint density at radius 1 is 1.67 bits per heavy atom. The highest BCUT2D eigenvalue weighted by Gasteiger charge is 2.32. The Morgan fingerprint density at radius 2 is 2.47 bits per heavy atom. The van der Waals surface area contributed by atoms with Crippen molar-refractivity contribution in [3.8, 4) is 0 Å². The van der Waals surface area contributed by atoms with E-state index in [1.807, 2.05) is 0 Å². The number of amides is 2. The van der Waals surface area contributed by atoms with Gasteiger partial charge in [-0.15, -0.1) is 0 Å². The average Bonchev–Trinajstić information content (AvgIpc) is 2.66. The molecule has 15 heavy (non-hydrogen) atoms. The summed E-state index contributed by atoms with van der Waals surface area (Å²) in [7, 11) is 0. The van der Waals surface area contributed by atoms with Crippen LogP contribution in [0, 0.1) is 0 Å². The molecule has 0 radical (unpaired) electrons. The molecule has 0 aromatic carbocycles. The maximum absolute atomic E-state index is 11.5. The molecule has 0 saturated carbocycles. The molecule has 6 nitrogen and oxygen atoms in total. The van der Waals surface area contributed by atoms with Crippen LogP contribution in [-0.4, -0.2) is 41.1 Å². The van der Waals surface area contributed by atoms with Crippen molar-refractivity contribution in [2.24, 2.45) is 5.73 Å². The van der Waals surface area contributed by atoms with Crippen LogP contribution in [0.3, 0.4) is 0 Å². The van der Waals surface area contributed by atoms with Gasteiger partial charge < -0.3 is 20.9 Å². The number of nitrogens with two attached hydrogens (primary N) is 1. The number of rotatable bonds is 2. The van der Waals surface area contributed by atoms with Crippen LogP contribution in [0.5, 0.6) is 0 Å². The number of aliphatic hydroxyl groups excluding tert-OH is 1. The van der Waals surface area contributed by atoms with Crippen molar-refractivity contribution in [1.82, 2.24) is 10.2 Å². The second-order valence-corrected chi connectivity index (χ2v) is 3.70. The molecule has 1 fully saturated rings. The summed E-state index contributed by atoms with van der Waals surface area (Å²) < 4.78 is 5.48. The van der Waals surface area contributed by atoms with Crippen molar-refractivity contribution in [2.75, 3.05) is 6.61 Å². The molecule has 6 heteroatoms. The summed E-state index contributed by atoms with van der Waals surface area (Å²) in [4.78, 5) is 13.0. The van der Waals surface area contributed by atoms with Gasteiger partial charge in [-0.25, -0.2) is 4.79 Å². The molecule has 1 saturated heterocycles. The van der Waals surface area contributed by atoms with Gasteiger partial charge in [-0.3, -0.25) is 4.90 Å². The van der Waals surface area contributed by atoms with Gasteiger partial charge in [0.05, 0.1) is 18.9 Å². The van der Waals surface area contributed by atoms with Crippen LogP contribution < -0.4 is 11.1 Å². The van der Waals surface area contributed by atoms with Gasteiger partial charge in [-0.05, 0) is 18.9 Å². The third kappa shape index (κ3) is 2.11. The minimum atomic E-state index is -0.427. The highest BCUT2D eigenvalue weighted by Crippen LogP contribution is 2.23. The fourth-order valence-corrected chi connectivity index (χ4v) is 1.77. The summed E-state index contributed by atoms with van der Waals surface area (Å²) in [6.07, 6.45) is 3.95. The van der Waals surface area contributed by atoms with Crippen LogP contribution in [-0.2, 0) is 4.74 Å². The normalized spacial score (nSPS) is 35.7. The van der Waals surface area contributed by atoms with E-state index >= 15 is 0 Å². The number of carbonyl (C=O) groups excluding carboxylic acids is 1. The van der Waals surface area contributed by atoms with Crippen LogP contribution in [0.2, 0.25) is 0 Å². The standard InChI is InChI=1S/C9H15N3O3/c10-7-3-4-12(9(14)11-7)8-2-1-6(5-13)15-8/h3-4,6-8,13H,1-2,5,10H2,(H,11,14)/t6-,7?,8+/m0/s1. The van der Waals surface area contributed by atoms with E-state index in [0.29, 0.717) is 0 Å². The van der Waals surface area contributed by atoms with Gasteiger partial charge in [-0.1, -0.05) is 0 Å². The number of hydrogen-bond donors (Lipinski definition) is 3. The van der Waals surface area contributed by atoms with Gasteiger partial charge in [0.2, 0.25) is 0 Å². The third-order valence-electron chi connectivity index (χ3n) is 2.58. The fourth-order valence-electron chi connectivity index (χ4n) is 1.77. The zero-order chi connectivity index (χ0) is 10.8. The lowest BCUT2D eigenvalue weighted by atomic mass is 10.2. The van der Waals surface area contributed by atoms with E-state index < -0.39 is 6.17 Å². The average molecular weight is 213 g/mol. The van der Waals surface area contributed by atoms with Crippen LogP contribution in [0.25, 0.3) is 0 Å². The van der Waals surface area contributed by atoms with Crippen LogP contribution in [0.15, 0.2) is 12.3 Å². The smallest absolute Gasteiger partial charge is 0.325 e. The van der Waals surface area contributed by atoms with Gasteiger partial charge in [0.1, 0.15) is 6.23 Å². The number of carbonyl (C=O) groups is 1. The van der Waals surface area contributed by atoms with Crippen LogP contribution in [0.4, 0.5) is 4.79 Å². The SMILES string of the molecule is NC1C=CN([C@H]2CC[C@@H](CO)O2)C(=O)N1. The summed E-state index contributed by atoms with van der Waals surface area (Å²) in [5, 5.41) is 11.5. The summed E-state index contributed by atoms with van der Waals surface area (Å²) >= 11 is 0. The molecule has 3 atom stereocenters. The van der Waals surface area contributed by atoms with E-state index in [1.165, 1.54) is 4.90 Å². The van der Waals surface area contributed by atoms with Gasteiger partial charge >= 0.3 is 6.03 Å². The Morgan fingerprint density at radius 3 is 3.07 bits per heavy atom. The molecule has 0 aromatic heterocycles. The third-order valence-corrected chi connectivity index (χ3v) is 2.58. The Bertz CT molecular complexity index is 282. The second-order valence-electron chi connectivity index (χ2n) is 3.70. The Labute approximate surface area is 87.7 Å². The molecule has 2 aliphatic heterocycles. The van der Waals surface area contributed by atoms with Crippen LogP contribution in [0.1, 0.15) is 12.8 Å². The number of nitrogens with zero attached hydrogens (tertiary/aromatic N) is 1. The number of aliphatic hydroxyl groups is 1. The first-order chi connectivity index (χ1) is 7.20. The van der Waals surface area contributed by atoms with Gasteiger partial charge in [0.15, 0.2) is 0 Å². The maximum Gasteiger partial charge on any atom is 0.325 e. The van der Waals surface area contributed by atoms with Crippen molar-refractivity contribution in [3.63, 3.8) is 0 Å². The molecule has 2 aliphatic rings. The zero-order valence-electron chi connectivity index (χ0n) is 8.30. The molecule has 84 valence electrons. The monoisotopic (exact) mass is 213 g/mol. The lowest BCUT2D eigenvalue weighted by Crippen LogP contribution is -2.52. The Hall–Kier alpha value is -1.11.